The van der Waals surface area contributed by atoms with Gasteiger partial charge in [0.05, 0.1) is 0 Å². The number of fused-ring (bicyclic) bond motifs is 1. The summed E-state index contributed by atoms with van der Waals surface area (Å²) in [5.74, 6) is 1.07. The van der Waals surface area contributed by atoms with E-state index in [2.05, 4.69) is 6.92 Å². The van der Waals surface area contributed by atoms with E-state index in [-0.39, 0.29) is 5.76 Å². The first-order chi connectivity index (χ1) is 8.20. The molecule has 0 radical (unpaired) electrons. The number of carboxylic acids is 1. The molecule has 0 aliphatic heterocycles. The van der Waals surface area contributed by atoms with E-state index in [9.17, 15) is 4.79 Å². The van der Waals surface area contributed by atoms with Crippen molar-refractivity contribution in [1.82, 2.24) is 0 Å². The Morgan fingerprint density at radius 1 is 1.41 bits per heavy atom. The molecule has 2 rings (SSSR count). The van der Waals surface area contributed by atoms with Crippen molar-refractivity contribution in [3.8, 4) is 0 Å². The van der Waals surface area contributed by atoms with Crippen molar-refractivity contribution >= 4 is 28.7 Å². The van der Waals surface area contributed by atoms with Crippen LogP contribution in [0.4, 0.5) is 0 Å². The van der Waals surface area contributed by atoms with E-state index in [1.165, 1.54) is 12.0 Å². The van der Waals surface area contributed by atoms with Crippen molar-refractivity contribution in [3.05, 3.63) is 35.6 Å². The van der Waals surface area contributed by atoms with Gasteiger partial charge in [-0.15, -0.1) is 0 Å². The van der Waals surface area contributed by atoms with Crippen LogP contribution in [0.15, 0.2) is 28.7 Å². The number of carbonyl (C=O) groups is 1. The highest BCUT2D eigenvalue weighted by molar-refractivity contribution is 7.98. The molecule has 0 fully saturated rings. The van der Waals surface area contributed by atoms with Gasteiger partial charge < -0.3 is 9.52 Å². The average Bonchev–Trinajstić information content (AvgIpc) is 2.72. The molecule has 0 aliphatic rings. The second-order valence-corrected chi connectivity index (χ2v) is 4.95. The van der Waals surface area contributed by atoms with Crippen molar-refractivity contribution in [3.63, 3.8) is 0 Å². The molecule has 0 aliphatic carbocycles. The summed E-state index contributed by atoms with van der Waals surface area (Å²) in [6.07, 6.45) is 1.17. The van der Waals surface area contributed by atoms with Gasteiger partial charge >= 0.3 is 5.97 Å². The third kappa shape index (κ3) is 2.82. The second-order valence-electron chi connectivity index (χ2n) is 3.84. The molecule has 0 saturated carbocycles. The average molecular weight is 250 g/mol. The smallest absolute Gasteiger partial charge is 0.371 e. The topological polar surface area (TPSA) is 50.4 Å². The highest BCUT2D eigenvalue weighted by Crippen LogP contribution is 2.23. The predicted molar refractivity (Wildman–Crippen MR) is 69.6 cm³/mol. The van der Waals surface area contributed by atoms with E-state index in [1.807, 2.05) is 30.0 Å². The van der Waals surface area contributed by atoms with E-state index in [0.29, 0.717) is 5.58 Å². The lowest BCUT2D eigenvalue weighted by Gasteiger charge is -1.99. The first kappa shape index (κ1) is 12.0. The molecule has 0 atom stereocenters. The number of carboxylic acid groups (broad SMARTS) is 1. The third-order valence-electron chi connectivity index (χ3n) is 2.41. The van der Waals surface area contributed by atoms with Gasteiger partial charge in [-0.05, 0) is 35.9 Å². The van der Waals surface area contributed by atoms with Crippen LogP contribution in [0.2, 0.25) is 0 Å². The van der Waals surface area contributed by atoms with Gasteiger partial charge in [0.1, 0.15) is 5.58 Å². The highest BCUT2D eigenvalue weighted by atomic mass is 32.2. The Bertz CT molecular complexity index is 530. The van der Waals surface area contributed by atoms with E-state index in [0.717, 1.165) is 16.9 Å². The van der Waals surface area contributed by atoms with Gasteiger partial charge in [0, 0.05) is 11.1 Å². The van der Waals surface area contributed by atoms with Crippen LogP contribution < -0.4 is 0 Å². The summed E-state index contributed by atoms with van der Waals surface area (Å²) in [5, 5.41) is 9.69. The molecule has 0 unspecified atom stereocenters. The first-order valence-electron chi connectivity index (χ1n) is 5.54. The molecule has 1 aromatic heterocycles. The monoisotopic (exact) mass is 250 g/mol. The first-order valence-corrected chi connectivity index (χ1v) is 6.69. The van der Waals surface area contributed by atoms with Gasteiger partial charge in [-0.2, -0.15) is 11.8 Å². The summed E-state index contributed by atoms with van der Waals surface area (Å²) >= 11 is 1.88. The summed E-state index contributed by atoms with van der Waals surface area (Å²) < 4.78 is 5.20. The molecule has 1 N–H and O–H groups in total. The molecular formula is C13H14O3S. The molecule has 3 nitrogen and oxygen atoms in total. The number of benzene rings is 1. The van der Waals surface area contributed by atoms with Crippen LogP contribution in [-0.2, 0) is 5.75 Å². The molecule has 0 spiro atoms. The van der Waals surface area contributed by atoms with Crippen LogP contribution in [0.25, 0.3) is 11.0 Å². The van der Waals surface area contributed by atoms with Crippen molar-refractivity contribution in [2.75, 3.05) is 5.75 Å². The Balaban J connectivity index is 2.21. The highest BCUT2D eigenvalue weighted by Gasteiger charge is 2.10. The molecule has 90 valence electrons. The zero-order valence-corrected chi connectivity index (χ0v) is 10.4. The number of hydrogen-bond acceptors (Lipinski definition) is 3. The van der Waals surface area contributed by atoms with Crippen molar-refractivity contribution in [1.29, 1.82) is 0 Å². The molecular weight excluding hydrogens is 236 g/mol. The van der Waals surface area contributed by atoms with Crippen molar-refractivity contribution in [2.45, 2.75) is 19.1 Å². The summed E-state index contributed by atoms with van der Waals surface area (Å²) in [4.78, 5) is 10.8. The molecule has 1 aromatic carbocycles. The second kappa shape index (κ2) is 5.27. The lowest BCUT2D eigenvalue weighted by Crippen LogP contribution is -1.91. The summed E-state index contributed by atoms with van der Waals surface area (Å²) in [5.41, 5.74) is 1.83. The van der Waals surface area contributed by atoms with Gasteiger partial charge in [0.25, 0.3) is 0 Å². The quantitative estimate of drug-likeness (QED) is 0.820. The molecule has 0 saturated heterocycles. The van der Waals surface area contributed by atoms with Gasteiger partial charge in [0.15, 0.2) is 0 Å². The van der Waals surface area contributed by atoms with Gasteiger partial charge in [-0.25, -0.2) is 4.79 Å². The molecule has 2 aromatic rings. The minimum Gasteiger partial charge on any atom is -0.475 e. The van der Waals surface area contributed by atoms with Crippen LogP contribution in [0, 0.1) is 0 Å². The standard InChI is InChI=1S/C13H14O3S/c1-2-5-17-8-9-3-4-11-10(6-9)7-12(16-11)13(14)15/h3-4,6-7H,2,5,8H2,1H3,(H,14,15). The molecule has 17 heavy (non-hydrogen) atoms. The third-order valence-corrected chi connectivity index (χ3v) is 3.64. The zero-order chi connectivity index (χ0) is 12.3. The Morgan fingerprint density at radius 2 is 2.24 bits per heavy atom. The Labute approximate surface area is 104 Å². The van der Waals surface area contributed by atoms with E-state index in [1.54, 1.807) is 6.07 Å². The van der Waals surface area contributed by atoms with Crippen molar-refractivity contribution in [2.24, 2.45) is 0 Å². The lowest BCUT2D eigenvalue weighted by molar-refractivity contribution is 0.0665. The van der Waals surface area contributed by atoms with Gasteiger partial charge in [-0.1, -0.05) is 13.0 Å². The SMILES string of the molecule is CCCSCc1ccc2oc(C(=O)O)cc2c1. The van der Waals surface area contributed by atoms with Gasteiger partial charge in [-0.3, -0.25) is 0 Å². The predicted octanol–water partition coefficient (Wildman–Crippen LogP) is 3.77. The fourth-order valence-corrected chi connectivity index (χ4v) is 2.47. The van der Waals surface area contributed by atoms with E-state index >= 15 is 0 Å². The maximum Gasteiger partial charge on any atom is 0.371 e. The molecule has 0 bridgehead atoms. The number of thioether (sulfide) groups is 1. The zero-order valence-electron chi connectivity index (χ0n) is 9.60. The van der Waals surface area contributed by atoms with Crippen LogP contribution in [0.1, 0.15) is 29.5 Å². The minimum absolute atomic E-state index is 0.00152. The number of hydrogen-bond donors (Lipinski definition) is 1. The molecule has 0 amide bonds. The number of rotatable bonds is 5. The van der Waals surface area contributed by atoms with Crippen LogP contribution in [0.3, 0.4) is 0 Å². The molecule has 1 heterocycles. The van der Waals surface area contributed by atoms with Crippen LogP contribution in [0.5, 0.6) is 0 Å². The maximum atomic E-state index is 10.8. The lowest BCUT2D eigenvalue weighted by atomic mass is 10.2. The minimum atomic E-state index is -1.02. The van der Waals surface area contributed by atoms with Crippen molar-refractivity contribution < 1.29 is 14.3 Å². The Hall–Kier alpha value is -1.42. The largest absolute Gasteiger partial charge is 0.475 e. The van der Waals surface area contributed by atoms with Gasteiger partial charge in [0.2, 0.25) is 5.76 Å². The summed E-state index contributed by atoms with van der Waals surface area (Å²) in [6, 6.07) is 7.39. The van der Waals surface area contributed by atoms with Crippen LogP contribution >= 0.6 is 11.8 Å². The fourth-order valence-electron chi connectivity index (χ4n) is 1.62. The van der Waals surface area contributed by atoms with E-state index < -0.39 is 5.97 Å². The number of aromatic carboxylic acids is 1. The summed E-state index contributed by atoms with van der Waals surface area (Å²) in [6.45, 7) is 2.16. The summed E-state index contributed by atoms with van der Waals surface area (Å²) in [7, 11) is 0. The normalized spacial score (nSPS) is 10.9. The van der Waals surface area contributed by atoms with Crippen LogP contribution in [-0.4, -0.2) is 16.8 Å². The fraction of sp³-hybridized carbons (Fsp3) is 0.308. The van der Waals surface area contributed by atoms with E-state index in [4.69, 9.17) is 9.52 Å². The number of furan rings is 1. The Morgan fingerprint density at radius 3 is 2.94 bits per heavy atom. The maximum absolute atomic E-state index is 10.8. The molecule has 4 heteroatoms. The Kier molecular flexibility index (Phi) is 3.74.